The topological polar surface area (TPSA) is 9.23 Å². The fourth-order valence-corrected chi connectivity index (χ4v) is 3.67. The minimum atomic E-state index is -4.20. The van der Waals surface area contributed by atoms with Crippen molar-refractivity contribution in [3.63, 3.8) is 0 Å². The highest BCUT2D eigenvalue weighted by molar-refractivity contribution is 9.09. The molecule has 1 aliphatic rings. The maximum absolute atomic E-state index is 11.9. The van der Waals surface area contributed by atoms with Crippen LogP contribution in [0.1, 0.15) is 51.9 Å². The van der Waals surface area contributed by atoms with E-state index in [-0.39, 0.29) is 6.61 Å². The number of hydrogen-bond donors (Lipinski definition) is 0. The molecule has 3 unspecified atom stereocenters. The molecule has 0 heterocycles. The highest BCUT2D eigenvalue weighted by atomic mass is 79.9. The molecular weight excluding hydrogens is 321 g/mol. The van der Waals surface area contributed by atoms with E-state index in [2.05, 4.69) is 27.6 Å². The Hall–Kier alpha value is 0.230. The molecule has 0 amide bonds. The van der Waals surface area contributed by atoms with Gasteiger partial charge >= 0.3 is 6.18 Å². The lowest BCUT2D eigenvalue weighted by atomic mass is 9.77. The quantitative estimate of drug-likeness (QED) is 0.448. The molecule has 3 atom stereocenters. The monoisotopic (exact) mass is 344 g/mol. The first-order valence-corrected chi connectivity index (χ1v) is 8.12. The smallest absolute Gasteiger partial charge is 0.372 e. The van der Waals surface area contributed by atoms with Gasteiger partial charge in [-0.3, -0.25) is 0 Å². The van der Waals surface area contributed by atoms with Crippen molar-refractivity contribution in [3.05, 3.63) is 0 Å². The Morgan fingerprint density at radius 1 is 1.21 bits per heavy atom. The van der Waals surface area contributed by atoms with Gasteiger partial charge in [-0.15, -0.1) is 0 Å². The maximum Gasteiger partial charge on any atom is 0.411 e. The van der Waals surface area contributed by atoms with Gasteiger partial charge in [-0.2, -0.15) is 13.2 Å². The van der Waals surface area contributed by atoms with Crippen LogP contribution in [-0.4, -0.2) is 24.2 Å². The van der Waals surface area contributed by atoms with E-state index in [1.54, 1.807) is 0 Å². The van der Waals surface area contributed by atoms with Crippen LogP contribution in [0.4, 0.5) is 13.2 Å². The van der Waals surface area contributed by atoms with Crippen LogP contribution in [-0.2, 0) is 4.74 Å². The molecule has 0 radical (unpaired) electrons. The maximum atomic E-state index is 11.9. The second kappa shape index (κ2) is 8.50. The van der Waals surface area contributed by atoms with Crippen molar-refractivity contribution < 1.29 is 17.9 Å². The lowest BCUT2D eigenvalue weighted by Gasteiger charge is -2.33. The van der Waals surface area contributed by atoms with E-state index in [1.807, 2.05) is 0 Å². The van der Waals surface area contributed by atoms with Crippen LogP contribution >= 0.6 is 15.9 Å². The standard InChI is InChI=1S/C14H24BrF3O/c1-2-4-11-6-7-13(15)12(9-11)5-3-8-19-10-14(16,17)18/h11-13H,2-10H2,1H3. The molecule has 1 rings (SSSR count). The largest absolute Gasteiger partial charge is 0.411 e. The molecule has 5 heteroatoms. The highest BCUT2D eigenvalue weighted by Gasteiger charge is 2.29. The van der Waals surface area contributed by atoms with E-state index in [0.29, 0.717) is 10.7 Å². The third kappa shape index (κ3) is 7.54. The molecule has 19 heavy (non-hydrogen) atoms. The van der Waals surface area contributed by atoms with Crippen LogP contribution in [0.2, 0.25) is 0 Å². The summed E-state index contributed by atoms with van der Waals surface area (Å²) >= 11 is 3.71. The van der Waals surface area contributed by atoms with Gasteiger partial charge in [0.15, 0.2) is 0 Å². The van der Waals surface area contributed by atoms with E-state index >= 15 is 0 Å². The summed E-state index contributed by atoms with van der Waals surface area (Å²) in [6, 6.07) is 0. The van der Waals surface area contributed by atoms with E-state index < -0.39 is 12.8 Å². The van der Waals surface area contributed by atoms with Crippen LogP contribution in [0, 0.1) is 11.8 Å². The Balaban J connectivity index is 2.16. The number of halogens is 4. The fraction of sp³-hybridized carbons (Fsp3) is 1.00. The van der Waals surface area contributed by atoms with Crippen LogP contribution < -0.4 is 0 Å². The van der Waals surface area contributed by atoms with Gasteiger partial charge in [0.25, 0.3) is 0 Å². The first-order chi connectivity index (χ1) is 8.92. The Morgan fingerprint density at radius 3 is 2.58 bits per heavy atom. The zero-order valence-corrected chi connectivity index (χ0v) is 13.1. The summed E-state index contributed by atoms with van der Waals surface area (Å²) in [5.74, 6) is 1.40. The van der Waals surface area contributed by atoms with Crippen molar-refractivity contribution in [2.75, 3.05) is 13.2 Å². The summed E-state index contributed by atoms with van der Waals surface area (Å²) < 4.78 is 40.4. The zero-order valence-electron chi connectivity index (χ0n) is 11.5. The molecule has 0 aliphatic heterocycles. The highest BCUT2D eigenvalue weighted by Crippen LogP contribution is 2.38. The Labute approximate surface area is 122 Å². The summed E-state index contributed by atoms with van der Waals surface area (Å²) in [6.07, 6.45) is 3.68. The number of rotatable bonds is 7. The van der Waals surface area contributed by atoms with Gasteiger partial charge in [0.2, 0.25) is 0 Å². The van der Waals surface area contributed by atoms with E-state index in [4.69, 9.17) is 0 Å². The minimum Gasteiger partial charge on any atom is -0.372 e. The first-order valence-electron chi connectivity index (χ1n) is 7.21. The van der Waals surface area contributed by atoms with Crippen molar-refractivity contribution in [3.8, 4) is 0 Å². The van der Waals surface area contributed by atoms with E-state index in [9.17, 15) is 13.2 Å². The summed E-state index contributed by atoms with van der Waals surface area (Å²) in [7, 11) is 0. The molecule has 0 bridgehead atoms. The normalized spacial score (nSPS) is 28.6. The van der Waals surface area contributed by atoms with E-state index in [1.165, 1.54) is 32.1 Å². The predicted molar refractivity (Wildman–Crippen MR) is 74.6 cm³/mol. The molecule has 0 spiro atoms. The minimum absolute atomic E-state index is 0.216. The van der Waals surface area contributed by atoms with Crippen molar-refractivity contribution in [2.24, 2.45) is 11.8 Å². The van der Waals surface area contributed by atoms with Crippen molar-refractivity contribution >= 4 is 15.9 Å². The summed E-state index contributed by atoms with van der Waals surface area (Å²) in [5, 5.41) is 0. The SMILES string of the molecule is CCCC1CCC(Br)C(CCCOCC(F)(F)F)C1. The zero-order chi connectivity index (χ0) is 14.3. The summed E-state index contributed by atoms with van der Waals surface area (Å²) in [4.78, 5) is 0.531. The molecule has 1 nitrogen and oxygen atoms in total. The second-order valence-electron chi connectivity index (χ2n) is 5.55. The molecule has 0 aromatic carbocycles. The lowest BCUT2D eigenvalue weighted by molar-refractivity contribution is -0.174. The number of ether oxygens (including phenoxy) is 1. The molecule has 1 aliphatic carbocycles. The first kappa shape index (κ1) is 17.3. The average Bonchev–Trinajstić information content (AvgIpc) is 2.31. The van der Waals surface area contributed by atoms with Crippen LogP contribution in [0.3, 0.4) is 0 Å². The van der Waals surface area contributed by atoms with Crippen molar-refractivity contribution in [1.82, 2.24) is 0 Å². The third-order valence-electron chi connectivity index (χ3n) is 3.82. The molecule has 1 fully saturated rings. The van der Waals surface area contributed by atoms with Crippen molar-refractivity contribution in [1.29, 1.82) is 0 Å². The molecular formula is C14H24BrF3O. The van der Waals surface area contributed by atoms with Crippen LogP contribution in [0.5, 0.6) is 0 Å². The molecule has 0 saturated heterocycles. The van der Waals surface area contributed by atoms with Gasteiger partial charge in [0.1, 0.15) is 6.61 Å². The number of alkyl halides is 4. The Morgan fingerprint density at radius 2 is 1.95 bits per heavy atom. The summed E-state index contributed by atoms with van der Waals surface area (Å²) in [5.41, 5.74) is 0. The van der Waals surface area contributed by atoms with Gasteiger partial charge < -0.3 is 4.74 Å². The number of hydrogen-bond acceptors (Lipinski definition) is 1. The fourth-order valence-electron chi connectivity index (χ4n) is 2.93. The van der Waals surface area contributed by atoms with Crippen molar-refractivity contribution in [2.45, 2.75) is 62.9 Å². The molecule has 1 saturated carbocycles. The second-order valence-corrected chi connectivity index (χ2v) is 6.73. The van der Waals surface area contributed by atoms with E-state index in [0.717, 1.165) is 18.8 Å². The predicted octanol–water partition coefficient (Wildman–Crippen LogP) is 5.33. The van der Waals surface area contributed by atoms with Crippen LogP contribution in [0.25, 0.3) is 0 Å². The summed E-state index contributed by atoms with van der Waals surface area (Å²) in [6.45, 7) is 1.31. The van der Waals surface area contributed by atoms with Gasteiger partial charge in [0.05, 0.1) is 0 Å². The molecule has 0 aromatic heterocycles. The molecule has 114 valence electrons. The Bertz CT molecular complexity index is 245. The van der Waals surface area contributed by atoms with Crippen LogP contribution in [0.15, 0.2) is 0 Å². The van der Waals surface area contributed by atoms with Gasteiger partial charge in [-0.25, -0.2) is 0 Å². The van der Waals surface area contributed by atoms with Gasteiger partial charge in [-0.05, 0) is 43.9 Å². The Kier molecular flexibility index (Phi) is 7.73. The van der Waals surface area contributed by atoms with Gasteiger partial charge in [0, 0.05) is 11.4 Å². The third-order valence-corrected chi connectivity index (χ3v) is 5.03. The molecule has 0 aromatic rings. The molecule has 0 N–H and O–H groups in total. The lowest BCUT2D eigenvalue weighted by Crippen LogP contribution is -2.25. The average molecular weight is 345 g/mol. The van der Waals surface area contributed by atoms with Gasteiger partial charge in [-0.1, -0.05) is 35.7 Å².